The van der Waals surface area contributed by atoms with E-state index in [9.17, 15) is 10.1 Å². The zero-order chi connectivity index (χ0) is 11.5. The molecule has 0 aliphatic heterocycles. The van der Waals surface area contributed by atoms with E-state index in [2.05, 4.69) is 5.32 Å². The van der Waals surface area contributed by atoms with Crippen LogP contribution in [0.3, 0.4) is 0 Å². The van der Waals surface area contributed by atoms with Crippen LogP contribution < -0.4 is 10.1 Å². The van der Waals surface area contributed by atoms with Crippen LogP contribution in [0, 0.1) is 10.1 Å². The van der Waals surface area contributed by atoms with Crippen LogP contribution in [0.1, 0.15) is 12.8 Å². The molecule has 1 aromatic rings. The second-order valence-electron chi connectivity index (χ2n) is 3.95. The van der Waals surface area contributed by atoms with Gasteiger partial charge in [0.25, 0.3) is 5.69 Å². The molecule has 0 saturated heterocycles. The summed E-state index contributed by atoms with van der Waals surface area (Å²) in [6.07, 6.45) is 2.10. The Balaban J connectivity index is 1.95. The van der Waals surface area contributed by atoms with Crippen LogP contribution >= 0.6 is 0 Å². The molecule has 1 saturated carbocycles. The predicted molar refractivity (Wildman–Crippen MR) is 59.6 cm³/mol. The van der Waals surface area contributed by atoms with Crippen LogP contribution in [0.4, 0.5) is 5.69 Å². The van der Waals surface area contributed by atoms with Gasteiger partial charge < -0.3 is 10.1 Å². The lowest BCUT2D eigenvalue weighted by molar-refractivity contribution is -0.385. The van der Waals surface area contributed by atoms with Gasteiger partial charge in [0.05, 0.1) is 11.0 Å². The highest BCUT2D eigenvalue weighted by atomic mass is 16.6. The molecule has 0 radical (unpaired) electrons. The molecule has 1 fully saturated rings. The van der Waals surface area contributed by atoms with Crippen molar-refractivity contribution < 1.29 is 9.66 Å². The van der Waals surface area contributed by atoms with E-state index in [0.29, 0.717) is 11.8 Å². The molecule has 0 atom stereocenters. The lowest BCUT2D eigenvalue weighted by atomic mass is 9.89. The van der Waals surface area contributed by atoms with Crippen LogP contribution in [-0.2, 0) is 0 Å². The Morgan fingerprint density at radius 1 is 1.50 bits per heavy atom. The average Bonchev–Trinajstić information content (AvgIpc) is 2.23. The third-order valence-corrected chi connectivity index (χ3v) is 2.83. The molecule has 1 aliphatic carbocycles. The Labute approximate surface area is 93.6 Å². The Morgan fingerprint density at radius 2 is 2.25 bits per heavy atom. The SMILES string of the molecule is CNC1CC(Oc2cccc([N+](=O)[O-])c2)C1. The second kappa shape index (κ2) is 4.49. The van der Waals surface area contributed by atoms with E-state index >= 15 is 0 Å². The zero-order valence-corrected chi connectivity index (χ0v) is 9.05. The number of nitro groups is 1. The fraction of sp³-hybridized carbons (Fsp3) is 0.455. The second-order valence-corrected chi connectivity index (χ2v) is 3.95. The van der Waals surface area contributed by atoms with Crippen molar-refractivity contribution in [2.24, 2.45) is 0 Å². The summed E-state index contributed by atoms with van der Waals surface area (Å²) in [5, 5.41) is 13.7. The summed E-state index contributed by atoms with van der Waals surface area (Å²) in [6, 6.07) is 6.83. The fourth-order valence-corrected chi connectivity index (χ4v) is 1.76. The molecule has 86 valence electrons. The molecule has 0 unspecified atom stereocenters. The maximum atomic E-state index is 10.6. The molecular weight excluding hydrogens is 208 g/mol. The number of rotatable bonds is 4. The summed E-state index contributed by atoms with van der Waals surface area (Å²) >= 11 is 0. The number of nitrogens with zero attached hydrogens (tertiary/aromatic N) is 1. The van der Waals surface area contributed by atoms with E-state index in [1.807, 2.05) is 7.05 Å². The van der Waals surface area contributed by atoms with Crippen molar-refractivity contribution in [2.75, 3.05) is 7.05 Å². The van der Waals surface area contributed by atoms with Crippen molar-refractivity contribution in [3.8, 4) is 5.75 Å². The first-order chi connectivity index (χ1) is 7.69. The number of hydrogen-bond donors (Lipinski definition) is 1. The van der Waals surface area contributed by atoms with E-state index < -0.39 is 4.92 Å². The molecule has 16 heavy (non-hydrogen) atoms. The highest BCUT2D eigenvalue weighted by Crippen LogP contribution is 2.27. The van der Waals surface area contributed by atoms with Crippen molar-refractivity contribution in [1.29, 1.82) is 0 Å². The van der Waals surface area contributed by atoms with Crippen LogP contribution in [0.5, 0.6) is 5.75 Å². The number of hydrogen-bond acceptors (Lipinski definition) is 4. The molecule has 1 N–H and O–H groups in total. The number of nitrogens with one attached hydrogen (secondary N) is 1. The third kappa shape index (κ3) is 2.30. The Morgan fingerprint density at radius 3 is 2.88 bits per heavy atom. The van der Waals surface area contributed by atoms with Gasteiger partial charge in [-0.2, -0.15) is 0 Å². The summed E-state index contributed by atoms with van der Waals surface area (Å²) < 4.78 is 5.63. The van der Waals surface area contributed by atoms with Gasteiger partial charge in [-0.05, 0) is 26.0 Å². The molecule has 1 aromatic carbocycles. The first-order valence-corrected chi connectivity index (χ1v) is 5.27. The minimum Gasteiger partial charge on any atom is -0.490 e. The van der Waals surface area contributed by atoms with Gasteiger partial charge in [-0.15, -0.1) is 0 Å². The first kappa shape index (κ1) is 10.9. The van der Waals surface area contributed by atoms with E-state index in [1.165, 1.54) is 12.1 Å². The number of benzene rings is 1. The fourth-order valence-electron chi connectivity index (χ4n) is 1.76. The molecule has 0 aromatic heterocycles. The Hall–Kier alpha value is -1.62. The highest BCUT2D eigenvalue weighted by molar-refractivity contribution is 5.38. The van der Waals surface area contributed by atoms with E-state index in [-0.39, 0.29) is 11.8 Å². The van der Waals surface area contributed by atoms with Gasteiger partial charge in [-0.1, -0.05) is 6.07 Å². The van der Waals surface area contributed by atoms with Crippen LogP contribution in [0.25, 0.3) is 0 Å². The number of ether oxygens (including phenoxy) is 1. The Bertz CT molecular complexity index is 389. The van der Waals surface area contributed by atoms with E-state index in [4.69, 9.17) is 4.74 Å². The monoisotopic (exact) mass is 222 g/mol. The molecular formula is C11H14N2O3. The first-order valence-electron chi connectivity index (χ1n) is 5.27. The predicted octanol–water partition coefficient (Wildman–Crippen LogP) is 1.72. The lowest BCUT2D eigenvalue weighted by Gasteiger charge is -2.34. The van der Waals surface area contributed by atoms with Crippen molar-refractivity contribution in [1.82, 2.24) is 5.32 Å². The molecule has 5 nitrogen and oxygen atoms in total. The van der Waals surface area contributed by atoms with Gasteiger partial charge in [0.2, 0.25) is 0 Å². The molecule has 0 heterocycles. The van der Waals surface area contributed by atoms with Crippen molar-refractivity contribution in [2.45, 2.75) is 25.0 Å². The number of non-ortho nitro benzene ring substituents is 1. The quantitative estimate of drug-likeness (QED) is 0.622. The van der Waals surface area contributed by atoms with Crippen molar-refractivity contribution in [3.05, 3.63) is 34.4 Å². The van der Waals surface area contributed by atoms with Gasteiger partial charge in [-0.25, -0.2) is 0 Å². The molecule has 2 rings (SSSR count). The number of nitro benzene ring substituents is 1. The highest BCUT2D eigenvalue weighted by Gasteiger charge is 2.29. The van der Waals surface area contributed by atoms with E-state index in [0.717, 1.165) is 12.8 Å². The molecule has 0 amide bonds. The maximum absolute atomic E-state index is 10.6. The maximum Gasteiger partial charge on any atom is 0.273 e. The summed E-state index contributed by atoms with van der Waals surface area (Å²) in [6.45, 7) is 0. The van der Waals surface area contributed by atoms with Gasteiger partial charge in [0.1, 0.15) is 11.9 Å². The minimum absolute atomic E-state index is 0.0713. The Kier molecular flexibility index (Phi) is 3.05. The largest absolute Gasteiger partial charge is 0.490 e. The summed E-state index contributed by atoms with van der Waals surface area (Å²) in [5.41, 5.74) is 0.0713. The van der Waals surface area contributed by atoms with Crippen molar-refractivity contribution >= 4 is 5.69 Å². The smallest absolute Gasteiger partial charge is 0.273 e. The summed E-state index contributed by atoms with van der Waals surface area (Å²) in [7, 11) is 1.92. The van der Waals surface area contributed by atoms with Crippen LogP contribution in [-0.4, -0.2) is 24.1 Å². The summed E-state index contributed by atoms with van der Waals surface area (Å²) in [5.74, 6) is 0.578. The molecule has 0 bridgehead atoms. The van der Waals surface area contributed by atoms with Gasteiger partial charge in [-0.3, -0.25) is 10.1 Å². The lowest BCUT2D eigenvalue weighted by Crippen LogP contribution is -2.45. The average molecular weight is 222 g/mol. The summed E-state index contributed by atoms with van der Waals surface area (Å²) in [4.78, 5) is 10.1. The standard InChI is InChI=1S/C11H14N2O3/c1-12-8-5-11(6-8)16-10-4-2-3-9(7-10)13(14)15/h2-4,7-8,11-12H,5-6H2,1H3. The van der Waals surface area contributed by atoms with Gasteiger partial charge in [0.15, 0.2) is 0 Å². The van der Waals surface area contributed by atoms with Crippen LogP contribution in [0.15, 0.2) is 24.3 Å². The van der Waals surface area contributed by atoms with Gasteiger partial charge >= 0.3 is 0 Å². The molecule has 0 spiro atoms. The van der Waals surface area contributed by atoms with E-state index in [1.54, 1.807) is 12.1 Å². The van der Waals surface area contributed by atoms with Gasteiger partial charge in [0, 0.05) is 12.1 Å². The zero-order valence-electron chi connectivity index (χ0n) is 9.05. The normalized spacial score (nSPS) is 23.6. The topological polar surface area (TPSA) is 64.4 Å². The molecule has 5 heteroatoms. The molecule has 1 aliphatic rings. The third-order valence-electron chi connectivity index (χ3n) is 2.83. The van der Waals surface area contributed by atoms with Crippen LogP contribution in [0.2, 0.25) is 0 Å². The van der Waals surface area contributed by atoms with Crippen molar-refractivity contribution in [3.63, 3.8) is 0 Å². The minimum atomic E-state index is -0.413.